The van der Waals surface area contributed by atoms with Crippen LogP contribution < -0.4 is 0 Å². The molecule has 350 valence electrons. The summed E-state index contributed by atoms with van der Waals surface area (Å²) in [6, 6.07) is 2.69. The lowest BCUT2D eigenvalue weighted by atomic mass is 10.1. The topological polar surface area (TPSA) is 124 Å². The minimum atomic E-state index is -2.37. The summed E-state index contributed by atoms with van der Waals surface area (Å²) in [5.41, 5.74) is 0. The van der Waals surface area contributed by atoms with Gasteiger partial charge in [-0.1, -0.05) is 0 Å². The molecule has 0 saturated heterocycles. The van der Waals surface area contributed by atoms with E-state index in [1.807, 2.05) is 0 Å². The van der Waals surface area contributed by atoms with Gasteiger partial charge in [0.15, 0.2) is 49.9 Å². The molecule has 0 aromatic heterocycles. The van der Waals surface area contributed by atoms with Crippen molar-refractivity contribution in [3.8, 4) is 0 Å². The monoisotopic (exact) mass is 980 g/mol. The van der Waals surface area contributed by atoms with Gasteiger partial charge < -0.3 is 49.1 Å². The van der Waals surface area contributed by atoms with Crippen LogP contribution >= 0.6 is 0 Å². The number of hydrogen-bond acceptors (Lipinski definition) is 11. The highest BCUT2D eigenvalue weighted by atomic mass is 28.5. The molecule has 0 amide bonds. The molecule has 0 fully saturated rings. The van der Waals surface area contributed by atoms with Crippen LogP contribution in [0.1, 0.15) is 38.5 Å². The Balaban J connectivity index is 5.86. The minimum Gasteiger partial charge on any atom is -0.437 e. The van der Waals surface area contributed by atoms with Crippen molar-refractivity contribution in [3.05, 3.63) is 0 Å². The van der Waals surface area contributed by atoms with E-state index in [-0.39, 0.29) is 13.2 Å². The third kappa shape index (κ3) is 31.4. The zero-order valence-electron chi connectivity index (χ0n) is 41.7. The predicted molar refractivity (Wildman–Crippen MR) is 267 cm³/mol. The molecule has 0 aromatic rings. The Morgan fingerprint density at radius 2 is 0.517 bits per heavy atom. The lowest BCUT2D eigenvalue weighted by Gasteiger charge is -2.39. The molecule has 0 heterocycles. The second-order valence-corrected chi connectivity index (χ2v) is 61.1. The summed E-state index contributed by atoms with van der Waals surface area (Å²) in [4.78, 5) is 0. The van der Waals surface area contributed by atoms with Gasteiger partial charge in [-0.05, 0) is 194 Å². The molecular weight excluding hydrogens is 885 g/mol. The van der Waals surface area contributed by atoms with E-state index in [4.69, 9.17) is 38.9 Å². The molecule has 0 aliphatic carbocycles. The van der Waals surface area contributed by atoms with Crippen molar-refractivity contribution in [3.63, 3.8) is 0 Å². The van der Waals surface area contributed by atoms with Gasteiger partial charge in [-0.25, -0.2) is 0 Å². The third-order valence-corrected chi connectivity index (χ3v) is 37.1. The van der Waals surface area contributed by atoms with Gasteiger partial charge in [-0.15, -0.1) is 0 Å². The van der Waals surface area contributed by atoms with Crippen LogP contribution in [-0.4, -0.2) is 137 Å². The maximum absolute atomic E-state index is 10.7. The summed E-state index contributed by atoms with van der Waals surface area (Å²) < 4.78 is 59.6. The summed E-state index contributed by atoms with van der Waals surface area (Å²) >= 11 is 0. The molecule has 0 aliphatic rings. The molecule has 2 N–H and O–H groups in total. The first-order valence-electron chi connectivity index (χ1n) is 22.2. The van der Waals surface area contributed by atoms with Crippen molar-refractivity contribution in [1.82, 2.24) is 0 Å². The molecule has 0 rings (SSSR count). The zero-order valence-corrected chi connectivity index (χ0v) is 50.7. The normalized spacial score (nSPS) is 16.2. The van der Waals surface area contributed by atoms with E-state index < -0.39 is 93.9 Å². The van der Waals surface area contributed by atoms with Crippen LogP contribution in [0.4, 0.5) is 0 Å². The third-order valence-electron chi connectivity index (χ3n) is 8.28. The van der Waals surface area contributed by atoms with Crippen molar-refractivity contribution in [2.24, 2.45) is 0 Å². The first-order valence-corrected chi connectivity index (χ1v) is 50.2. The largest absolute Gasteiger partial charge is 0.437 e. The van der Waals surface area contributed by atoms with Gasteiger partial charge in [-0.3, -0.25) is 0 Å². The second-order valence-electron chi connectivity index (χ2n) is 22.6. The van der Waals surface area contributed by atoms with Gasteiger partial charge in [0.05, 0.1) is 13.2 Å². The zero-order chi connectivity index (χ0) is 45.5. The highest BCUT2D eigenvalue weighted by Gasteiger charge is 2.42. The van der Waals surface area contributed by atoms with Gasteiger partial charge in [0, 0.05) is 19.8 Å². The summed E-state index contributed by atoms with van der Waals surface area (Å²) in [5, 5.41) is 21.4. The number of aliphatic hydroxyl groups excluding tert-OH is 2. The number of aliphatic hydroxyl groups is 2. The molecule has 2 atom stereocenters. The number of ether oxygens (including phenoxy) is 3. The first-order chi connectivity index (χ1) is 25.9. The molecular formula is C38H96O11Si9. The molecule has 0 saturated carbocycles. The van der Waals surface area contributed by atoms with Crippen LogP contribution in [0.3, 0.4) is 0 Å². The standard InChI is InChI=1S/C38H96O11Si9/c1-50(2,3)44-56(19,45-51(4,5)6)31-25-22-28-41-36(34-39)38(43-30-24-27-33-58(21,48-54(13,14)15)49-55(16,17)18)37(35-40)42-29-23-26-32-57(20,46-52(7,8)9)47-53(10,11)12/h36-40H,22-35H2,1-21H3. The van der Waals surface area contributed by atoms with Crippen molar-refractivity contribution >= 4 is 75.6 Å². The minimum absolute atomic E-state index is 0.237. The Kier molecular flexibility index (Phi) is 25.9. The molecule has 0 aromatic carbocycles. The maximum atomic E-state index is 10.7. The summed E-state index contributed by atoms with van der Waals surface area (Å²) in [5.74, 6) is 0. The molecule has 0 aliphatic heterocycles. The van der Waals surface area contributed by atoms with Gasteiger partial charge >= 0.3 is 25.7 Å². The van der Waals surface area contributed by atoms with E-state index in [0.717, 1.165) is 56.7 Å². The average molecular weight is 982 g/mol. The van der Waals surface area contributed by atoms with Gasteiger partial charge in [0.1, 0.15) is 18.3 Å². The van der Waals surface area contributed by atoms with E-state index in [0.29, 0.717) is 19.8 Å². The van der Waals surface area contributed by atoms with Crippen LogP contribution in [0.15, 0.2) is 0 Å². The van der Waals surface area contributed by atoms with Gasteiger partial charge in [0.25, 0.3) is 0 Å². The van der Waals surface area contributed by atoms with Crippen LogP contribution in [0.25, 0.3) is 0 Å². The number of hydrogen-bond donors (Lipinski definition) is 2. The summed E-state index contributed by atoms with van der Waals surface area (Å²) in [7, 11) is -17.8. The van der Waals surface area contributed by atoms with Gasteiger partial charge in [-0.2, -0.15) is 0 Å². The van der Waals surface area contributed by atoms with Gasteiger partial charge in [0.2, 0.25) is 0 Å². The quantitative estimate of drug-likeness (QED) is 0.0473. The lowest BCUT2D eigenvalue weighted by Crippen LogP contribution is -2.52. The number of rotatable bonds is 34. The molecule has 11 nitrogen and oxygen atoms in total. The van der Waals surface area contributed by atoms with Crippen LogP contribution in [0, 0.1) is 0 Å². The fourth-order valence-electron chi connectivity index (χ4n) is 7.55. The average Bonchev–Trinajstić information content (AvgIpc) is 2.93. The Labute approximate surface area is 368 Å². The lowest BCUT2D eigenvalue weighted by molar-refractivity contribution is -0.160. The smallest absolute Gasteiger partial charge is 0.314 e. The molecule has 20 heteroatoms. The Morgan fingerprint density at radius 3 is 0.707 bits per heavy atom. The van der Waals surface area contributed by atoms with Crippen molar-refractivity contribution in [2.45, 2.75) is 212 Å². The van der Waals surface area contributed by atoms with E-state index in [1.54, 1.807) is 0 Å². The summed E-state index contributed by atoms with van der Waals surface area (Å²) in [6.07, 6.45) is 3.21. The van der Waals surface area contributed by atoms with Crippen molar-refractivity contribution in [2.75, 3.05) is 33.0 Å². The predicted octanol–water partition coefficient (Wildman–Crippen LogP) is 10.8. The second kappa shape index (κ2) is 25.3. The molecule has 0 spiro atoms. The Bertz CT molecular complexity index is 1010. The Hall–Kier alpha value is 1.51. The Morgan fingerprint density at radius 1 is 0.310 bits per heavy atom. The van der Waals surface area contributed by atoms with Crippen molar-refractivity contribution < 1.29 is 49.1 Å². The van der Waals surface area contributed by atoms with E-state index in [1.165, 1.54) is 0 Å². The van der Waals surface area contributed by atoms with E-state index in [9.17, 15) is 10.2 Å². The van der Waals surface area contributed by atoms with Crippen molar-refractivity contribution in [1.29, 1.82) is 0 Å². The molecule has 58 heavy (non-hydrogen) atoms. The summed E-state index contributed by atoms with van der Waals surface area (Å²) in [6.45, 7) is 47.7. The fraction of sp³-hybridized carbons (Fsp3) is 1.00. The highest BCUT2D eigenvalue weighted by molar-refractivity contribution is 6.89. The molecule has 0 radical (unpaired) electrons. The molecule has 2 unspecified atom stereocenters. The molecule has 0 bridgehead atoms. The first kappa shape index (κ1) is 59.5. The maximum Gasteiger partial charge on any atom is 0.314 e. The number of unbranched alkanes of at least 4 members (excludes halogenated alkanes) is 3. The fourth-order valence-corrected chi connectivity index (χ4v) is 45.4. The van der Waals surface area contributed by atoms with Crippen LogP contribution in [0.2, 0.25) is 156 Å². The van der Waals surface area contributed by atoms with Crippen LogP contribution in [-0.2, 0) is 38.9 Å². The highest BCUT2D eigenvalue weighted by Crippen LogP contribution is 2.29. The van der Waals surface area contributed by atoms with Crippen LogP contribution in [0.5, 0.6) is 0 Å². The van der Waals surface area contributed by atoms with E-state index in [2.05, 4.69) is 137 Å². The SMILES string of the molecule is C[Si](C)(C)O[Si](C)(CCCCOC(CO)C(OCCCC[Si](C)(O[Si](C)(C)C)O[Si](C)(C)C)C(CO)OCCCC[Si](C)(O[Si](C)(C)C)O[Si](C)(C)C)O[Si](C)(C)C. The van der Waals surface area contributed by atoms with E-state index >= 15 is 0 Å².